The van der Waals surface area contributed by atoms with E-state index in [-0.39, 0.29) is 24.4 Å². The van der Waals surface area contributed by atoms with Gasteiger partial charge in [0.2, 0.25) is 0 Å². The Labute approximate surface area is 114 Å². The summed E-state index contributed by atoms with van der Waals surface area (Å²) in [5, 5.41) is 0. The number of thiophene rings is 1. The van der Waals surface area contributed by atoms with Crippen LogP contribution in [0, 0.1) is 0 Å². The van der Waals surface area contributed by atoms with E-state index >= 15 is 0 Å². The van der Waals surface area contributed by atoms with Crippen LogP contribution < -0.4 is 5.73 Å². The highest BCUT2D eigenvalue weighted by Crippen LogP contribution is 2.26. The summed E-state index contributed by atoms with van der Waals surface area (Å²) >= 11 is 4.84. The van der Waals surface area contributed by atoms with Gasteiger partial charge in [-0.3, -0.25) is 4.79 Å². The average Bonchev–Trinajstić information content (AvgIpc) is 2.84. The van der Waals surface area contributed by atoms with E-state index in [0.29, 0.717) is 6.54 Å². The van der Waals surface area contributed by atoms with Crippen LogP contribution in [-0.2, 0) is 0 Å². The molecule has 1 aromatic rings. The van der Waals surface area contributed by atoms with E-state index in [0.717, 1.165) is 28.0 Å². The lowest BCUT2D eigenvalue weighted by Gasteiger charge is -2.22. The monoisotopic (exact) mass is 324 g/mol. The number of nitrogens with zero attached hydrogens (tertiary/aromatic N) is 1. The lowest BCUT2D eigenvalue weighted by Crippen LogP contribution is -2.39. The predicted molar refractivity (Wildman–Crippen MR) is 72.4 cm³/mol. The normalized spacial score (nSPS) is 19.6. The van der Waals surface area contributed by atoms with Crippen molar-refractivity contribution in [2.24, 2.45) is 5.73 Å². The molecule has 0 saturated carbocycles. The summed E-state index contributed by atoms with van der Waals surface area (Å²) in [6.45, 7) is 1.41. The van der Waals surface area contributed by atoms with Gasteiger partial charge >= 0.3 is 0 Å². The van der Waals surface area contributed by atoms with E-state index in [1.807, 2.05) is 17.0 Å². The zero-order chi connectivity index (χ0) is 10.8. The number of hydrogen-bond acceptors (Lipinski definition) is 3. The first-order valence-corrected chi connectivity index (χ1v) is 6.59. The van der Waals surface area contributed by atoms with Crippen molar-refractivity contribution < 1.29 is 4.79 Å². The molecule has 1 atom stereocenters. The summed E-state index contributed by atoms with van der Waals surface area (Å²) in [6, 6.07) is 4.01. The van der Waals surface area contributed by atoms with Crippen LogP contribution in [0.2, 0.25) is 0 Å². The van der Waals surface area contributed by atoms with Gasteiger partial charge in [0.05, 0.1) is 8.66 Å². The van der Waals surface area contributed by atoms with E-state index in [1.165, 1.54) is 11.3 Å². The van der Waals surface area contributed by atoms with Crippen LogP contribution in [0.1, 0.15) is 22.5 Å². The van der Waals surface area contributed by atoms with Crippen LogP contribution in [0.5, 0.6) is 0 Å². The van der Waals surface area contributed by atoms with Crippen molar-refractivity contribution in [3.05, 3.63) is 20.8 Å². The molecule has 2 rings (SSSR count). The second kappa shape index (κ2) is 6.00. The van der Waals surface area contributed by atoms with Gasteiger partial charge in [0.15, 0.2) is 0 Å². The third-order valence-corrected chi connectivity index (χ3v) is 4.31. The molecule has 2 heterocycles. The maximum absolute atomic E-state index is 12.1. The fourth-order valence-corrected chi connectivity index (χ4v) is 3.26. The second-order valence-electron chi connectivity index (χ2n) is 3.63. The van der Waals surface area contributed by atoms with Gasteiger partial charge in [-0.05, 0) is 40.9 Å². The third-order valence-electron chi connectivity index (χ3n) is 2.69. The number of rotatable bonds is 2. The van der Waals surface area contributed by atoms with Crippen molar-refractivity contribution in [1.29, 1.82) is 0 Å². The number of carbonyl (C=O) groups excluding carboxylic acids is 1. The van der Waals surface area contributed by atoms with Crippen LogP contribution in [0.4, 0.5) is 0 Å². The van der Waals surface area contributed by atoms with Crippen molar-refractivity contribution in [3.63, 3.8) is 0 Å². The molecule has 0 aromatic carbocycles. The van der Waals surface area contributed by atoms with Crippen LogP contribution in [-0.4, -0.2) is 29.9 Å². The van der Waals surface area contributed by atoms with Crippen molar-refractivity contribution in [2.45, 2.75) is 18.9 Å². The SMILES string of the molecule is Cl.NCC1CCCN1C(=O)c1ccc(Br)s1. The summed E-state index contributed by atoms with van der Waals surface area (Å²) in [5.74, 6) is 0.124. The van der Waals surface area contributed by atoms with E-state index in [2.05, 4.69) is 15.9 Å². The van der Waals surface area contributed by atoms with Crippen LogP contribution in [0.3, 0.4) is 0 Å². The van der Waals surface area contributed by atoms with Gasteiger partial charge in [-0.2, -0.15) is 0 Å². The fourth-order valence-electron chi connectivity index (χ4n) is 1.92. The smallest absolute Gasteiger partial charge is 0.264 e. The summed E-state index contributed by atoms with van der Waals surface area (Å²) in [4.78, 5) is 14.8. The summed E-state index contributed by atoms with van der Waals surface area (Å²) < 4.78 is 0.995. The van der Waals surface area contributed by atoms with Gasteiger partial charge in [0.25, 0.3) is 5.91 Å². The molecule has 16 heavy (non-hydrogen) atoms. The van der Waals surface area contributed by atoms with Gasteiger partial charge in [0.1, 0.15) is 0 Å². The minimum absolute atomic E-state index is 0. The Morgan fingerprint density at radius 2 is 2.38 bits per heavy atom. The topological polar surface area (TPSA) is 46.3 Å². The van der Waals surface area contributed by atoms with Gasteiger partial charge in [-0.25, -0.2) is 0 Å². The first-order chi connectivity index (χ1) is 7.22. The number of nitrogens with two attached hydrogens (primary N) is 1. The Morgan fingerprint density at radius 1 is 1.62 bits per heavy atom. The summed E-state index contributed by atoms with van der Waals surface area (Å²) in [5.41, 5.74) is 5.65. The summed E-state index contributed by atoms with van der Waals surface area (Å²) in [6.07, 6.45) is 2.11. The van der Waals surface area contributed by atoms with E-state index in [4.69, 9.17) is 5.73 Å². The second-order valence-corrected chi connectivity index (χ2v) is 6.10. The van der Waals surface area contributed by atoms with Gasteiger partial charge < -0.3 is 10.6 Å². The number of likely N-dealkylation sites (tertiary alicyclic amines) is 1. The molecule has 1 saturated heterocycles. The zero-order valence-corrected chi connectivity index (χ0v) is 11.9. The molecular weight excluding hydrogens is 312 g/mol. The quantitative estimate of drug-likeness (QED) is 0.908. The molecule has 0 spiro atoms. The standard InChI is InChI=1S/C10H13BrN2OS.ClH/c11-9-4-3-8(15-9)10(14)13-5-1-2-7(13)6-12;/h3-4,7H,1-2,5-6,12H2;1H. The Bertz CT molecular complexity index is 371. The van der Waals surface area contributed by atoms with E-state index in [1.54, 1.807) is 0 Å². The minimum atomic E-state index is 0. The molecule has 1 amide bonds. The predicted octanol–water partition coefficient (Wildman–Crippen LogP) is 2.50. The number of hydrogen-bond donors (Lipinski definition) is 1. The van der Waals surface area contributed by atoms with Crippen molar-refractivity contribution in [2.75, 3.05) is 13.1 Å². The maximum Gasteiger partial charge on any atom is 0.264 e. The first-order valence-electron chi connectivity index (χ1n) is 4.98. The van der Waals surface area contributed by atoms with Crippen LogP contribution in [0.15, 0.2) is 15.9 Å². The molecule has 1 aliphatic heterocycles. The Hall–Kier alpha value is -0.100. The van der Waals surface area contributed by atoms with E-state index < -0.39 is 0 Å². The van der Waals surface area contributed by atoms with Gasteiger partial charge in [-0.1, -0.05) is 0 Å². The first kappa shape index (κ1) is 14.0. The maximum atomic E-state index is 12.1. The zero-order valence-electron chi connectivity index (χ0n) is 8.69. The Morgan fingerprint density at radius 3 is 2.94 bits per heavy atom. The van der Waals surface area contributed by atoms with Crippen LogP contribution >= 0.6 is 39.7 Å². The van der Waals surface area contributed by atoms with Crippen LogP contribution in [0.25, 0.3) is 0 Å². The lowest BCUT2D eigenvalue weighted by molar-refractivity contribution is 0.0746. The van der Waals surface area contributed by atoms with Crippen molar-refractivity contribution in [3.8, 4) is 0 Å². The van der Waals surface area contributed by atoms with E-state index in [9.17, 15) is 4.79 Å². The minimum Gasteiger partial charge on any atom is -0.334 e. The third kappa shape index (κ3) is 2.77. The van der Waals surface area contributed by atoms with Gasteiger partial charge in [-0.15, -0.1) is 23.7 Å². The molecule has 2 N–H and O–H groups in total. The Kier molecular flexibility index (Phi) is 5.24. The number of carbonyl (C=O) groups is 1. The lowest BCUT2D eigenvalue weighted by atomic mass is 10.2. The summed E-state index contributed by atoms with van der Waals surface area (Å²) in [7, 11) is 0. The number of amides is 1. The van der Waals surface area contributed by atoms with Crippen molar-refractivity contribution in [1.82, 2.24) is 4.90 Å². The molecule has 6 heteroatoms. The number of halogens is 2. The highest BCUT2D eigenvalue weighted by Gasteiger charge is 2.28. The molecule has 0 aliphatic carbocycles. The average molecular weight is 326 g/mol. The van der Waals surface area contributed by atoms with Crippen molar-refractivity contribution >= 4 is 45.6 Å². The highest BCUT2D eigenvalue weighted by atomic mass is 79.9. The largest absolute Gasteiger partial charge is 0.334 e. The molecule has 1 aliphatic rings. The molecule has 90 valence electrons. The highest BCUT2D eigenvalue weighted by molar-refractivity contribution is 9.11. The molecule has 0 radical (unpaired) electrons. The molecule has 3 nitrogen and oxygen atoms in total. The molecule has 1 unspecified atom stereocenters. The molecular formula is C10H14BrClN2OS. The Balaban J connectivity index is 0.00000128. The molecule has 1 aromatic heterocycles. The van der Waals surface area contributed by atoms with Gasteiger partial charge in [0, 0.05) is 19.1 Å². The molecule has 0 bridgehead atoms. The fraction of sp³-hybridized carbons (Fsp3) is 0.500. The molecule has 1 fully saturated rings.